The van der Waals surface area contributed by atoms with Crippen molar-refractivity contribution in [3.05, 3.63) is 53.9 Å². The second kappa shape index (κ2) is 4.57. The van der Waals surface area contributed by atoms with Crippen LogP contribution in [-0.4, -0.2) is 11.3 Å². The first-order chi connectivity index (χ1) is 7.78. The summed E-state index contributed by atoms with van der Waals surface area (Å²) in [7, 11) is 0. The fraction of sp³-hybridized carbons (Fsp3) is 0.0769. The first-order valence-corrected chi connectivity index (χ1v) is 4.94. The maximum Gasteiger partial charge on any atom is 0.168 e. The van der Waals surface area contributed by atoms with Crippen LogP contribution >= 0.6 is 0 Å². The minimum atomic E-state index is 0.400. The van der Waals surface area contributed by atoms with Crippen molar-refractivity contribution in [1.82, 2.24) is 4.98 Å². The lowest BCUT2D eigenvalue weighted by molar-refractivity contribution is 0.111. The molecule has 2 aromatic rings. The number of hydrogen-bond acceptors (Lipinski definition) is 3. The van der Waals surface area contributed by atoms with Gasteiger partial charge in [0.2, 0.25) is 0 Å². The Morgan fingerprint density at radius 3 is 2.69 bits per heavy atom. The molecule has 1 aromatic carbocycles. The zero-order valence-corrected chi connectivity index (χ0v) is 8.88. The molecule has 3 heteroatoms. The molecule has 0 bridgehead atoms. The molecule has 0 radical (unpaired) electrons. The Bertz CT molecular complexity index is 492. The molecule has 0 aliphatic carbocycles. The number of nitrogens with zero attached hydrogens (tertiary/aromatic N) is 1. The van der Waals surface area contributed by atoms with Crippen LogP contribution in [0.4, 0.5) is 0 Å². The van der Waals surface area contributed by atoms with E-state index < -0.39 is 0 Å². The molecule has 0 saturated heterocycles. The smallest absolute Gasteiger partial charge is 0.168 e. The van der Waals surface area contributed by atoms with Crippen molar-refractivity contribution in [2.75, 3.05) is 0 Å². The highest BCUT2D eigenvalue weighted by Gasteiger charge is 1.98. The molecular formula is C13H11NO2. The van der Waals surface area contributed by atoms with E-state index in [1.165, 1.54) is 6.20 Å². The Morgan fingerprint density at radius 1 is 1.19 bits per heavy atom. The lowest BCUT2D eigenvalue weighted by Crippen LogP contribution is -1.89. The maximum absolute atomic E-state index is 10.4. The number of pyridine rings is 1. The van der Waals surface area contributed by atoms with E-state index in [2.05, 4.69) is 4.98 Å². The van der Waals surface area contributed by atoms with Gasteiger partial charge in [-0.15, -0.1) is 0 Å². The SMILES string of the molecule is Cc1cccc(Oc2ccc(C=O)nc2)c1. The Kier molecular flexibility index (Phi) is 2.96. The molecule has 1 aromatic heterocycles. The third kappa shape index (κ3) is 2.45. The van der Waals surface area contributed by atoms with E-state index in [0.29, 0.717) is 17.7 Å². The van der Waals surface area contributed by atoms with Gasteiger partial charge in [-0.05, 0) is 36.8 Å². The fourth-order valence-electron chi connectivity index (χ4n) is 1.34. The number of aldehydes is 1. The molecule has 0 amide bonds. The van der Waals surface area contributed by atoms with Crippen molar-refractivity contribution in [2.24, 2.45) is 0 Å². The summed E-state index contributed by atoms with van der Waals surface area (Å²) >= 11 is 0. The Morgan fingerprint density at radius 2 is 2.06 bits per heavy atom. The third-order valence-corrected chi connectivity index (χ3v) is 2.11. The van der Waals surface area contributed by atoms with Gasteiger partial charge in [-0.1, -0.05) is 12.1 Å². The van der Waals surface area contributed by atoms with E-state index in [0.717, 1.165) is 11.3 Å². The van der Waals surface area contributed by atoms with E-state index in [4.69, 9.17) is 4.74 Å². The predicted octanol–water partition coefficient (Wildman–Crippen LogP) is 2.99. The third-order valence-electron chi connectivity index (χ3n) is 2.11. The van der Waals surface area contributed by atoms with Gasteiger partial charge < -0.3 is 4.74 Å². The summed E-state index contributed by atoms with van der Waals surface area (Å²) in [5.41, 5.74) is 1.53. The summed E-state index contributed by atoms with van der Waals surface area (Å²) in [5.74, 6) is 1.39. The van der Waals surface area contributed by atoms with E-state index in [1.54, 1.807) is 12.1 Å². The topological polar surface area (TPSA) is 39.2 Å². The summed E-state index contributed by atoms with van der Waals surface area (Å²) in [6.45, 7) is 2.00. The standard InChI is InChI=1S/C13H11NO2/c1-10-3-2-4-12(7-10)16-13-6-5-11(9-15)14-8-13/h2-9H,1H3. The average Bonchev–Trinajstić information content (AvgIpc) is 2.30. The van der Waals surface area contributed by atoms with Gasteiger partial charge in [0.15, 0.2) is 6.29 Å². The van der Waals surface area contributed by atoms with Crippen LogP contribution in [0.1, 0.15) is 16.1 Å². The highest BCUT2D eigenvalue weighted by atomic mass is 16.5. The second-order valence-electron chi connectivity index (χ2n) is 3.46. The second-order valence-corrected chi connectivity index (χ2v) is 3.46. The zero-order valence-electron chi connectivity index (χ0n) is 8.88. The molecule has 0 saturated carbocycles. The molecule has 0 unspecified atom stereocenters. The fourth-order valence-corrected chi connectivity index (χ4v) is 1.34. The van der Waals surface area contributed by atoms with Gasteiger partial charge in [0.25, 0.3) is 0 Å². The van der Waals surface area contributed by atoms with Crippen LogP contribution in [-0.2, 0) is 0 Å². The minimum absolute atomic E-state index is 0.400. The van der Waals surface area contributed by atoms with Gasteiger partial charge >= 0.3 is 0 Å². The summed E-state index contributed by atoms with van der Waals surface area (Å²) in [6, 6.07) is 11.1. The van der Waals surface area contributed by atoms with Gasteiger partial charge in [-0.3, -0.25) is 4.79 Å². The number of carbonyl (C=O) groups is 1. The number of benzene rings is 1. The van der Waals surface area contributed by atoms with Crippen molar-refractivity contribution in [3.63, 3.8) is 0 Å². The van der Waals surface area contributed by atoms with Gasteiger partial charge in [0.05, 0.1) is 6.20 Å². The highest BCUT2D eigenvalue weighted by molar-refractivity contribution is 5.71. The molecule has 0 aliphatic heterocycles. The monoisotopic (exact) mass is 213 g/mol. The molecule has 1 heterocycles. The van der Waals surface area contributed by atoms with Gasteiger partial charge in [-0.25, -0.2) is 4.98 Å². The number of rotatable bonds is 3. The lowest BCUT2D eigenvalue weighted by Gasteiger charge is -2.05. The van der Waals surface area contributed by atoms with Gasteiger partial charge in [-0.2, -0.15) is 0 Å². The van der Waals surface area contributed by atoms with E-state index in [-0.39, 0.29) is 0 Å². The summed E-state index contributed by atoms with van der Waals surface area (Å²) < 4.78 is 5.58. The summed E-state index contributed by atoms with van der Waals surface area (Å²) in [4.78, 5) is 14.3. The van der Waals surface area contributed by atoms with Crippen LogP contribution in [0.15, 0.2) is 42.6 Å². The highest BCUT2D eigenvalue weighted by Crippen LogP contribution is 2.20. The zero-order chi connectivity index (χ0) is 11.4. The van der Waals surface area contributed by atoms with Crippen LogP contribution in [0.3, 0.4) is 0 Å². The molecule has 3 nitrogen and oxygen atoms in total. The van der Waals surface area contributed by atoms with Crippen LogP contribution < -0.4 is 4.74 Å². The Hall–Kier alpha value is -2.16. The Balaban J connectivity index is 2.17. The van der Waals surface area contributed by atoms with Gasteiger partial charge in [0, 0.05) is 0 Å². The molecule has 0 atom stereocenters. The van der Waals surface area contributed by atoms with Crippen molar-refractivity contribution < 1.29 is 9.53 Å². The molecular weight excluding hydrogens is 202 g/mol. The first kappa shape index (κ1) is 10.4. The number of ether oxygens (including phenoxy) is 1. The van der Waals surface area contributed by atoms with Crippen LogP contribution in [0.2, 0.25) is 0 Å². The van der Waals surface area contributed by atoms with Crippen molar-refractivity contribution in [1.29, 1.82) is 0 Å². The number of aryl methyl sites for hydroxylation is 1. The molecule has 0 N–H and O–H groups in total. The normalized spacial score (nSPS) is 9.81. The average molecular weight is 213 g/mol. The number of carbonyl (C=O) groups excluding carboxylic acids is 1. The van der Waals surface area contributed by atoms with E-state index in [1.807, 2.05) is 31.2 Å². The summed E-state index contributed by atoms with van der Waals surface area (Å²) in [6.07, 6.45) is 2.24. The first-order valence-electron chi connectivity index (χ1n) is 4.94. The minimum Gasteiger partial charge on any atom is -0.456 e. The maximum atomic E-state index is 10.4. The van der Waals surface area contributed by atoms with Crippen LogP contribution in [0.5, 0.6) is 11.5 Å². The predicted molar refractivity (Wildman–Crippen MR) is 60.9 cm³/mol. The quantitative estimate of drug-likeness (QED) is 0.736. The molecule has 2 rings (SSSR count). The molecule has 80 valence electrons. The lowest BCUT2D eigenvalue weighted by atomic mass is 10.2. The molecule has 0 fully saturated rings. The number of hydrogen-bond donors (Lipinski definition) is 0. The van der Waals surface area contributed by atoms with Crippen molar-refractivity contribution in [2.45, 2.75) is 6.92 Å². The van der Waals surface area contributed by atoms with Crippen molar-refractivity contribution >= 4 is 6.29 Å². The van der Waals surface area contributed by atoms with Crippen LogP contribution in [0, 0.1) is 6.92 Å². The number of aromatic nitrogens is 1. The van der Waals surface area contributed by atoms with Crippen molar-refractivity contribution in [3.8, 4) is 11.5 Å². The molecule has 16 heavy (non-hydrogen) atoms. The largest absolute Gasteiger partial charge is 0.456 e. The van der Waals surface area contributed by atoms with Gasteiger partial charge in [0.1, 0.15) is 17.2 Å². The van der Waals surface area contributed by atoms with Crippen LogP contribution in [0.25, 0.3) is 0 Å². The molecule has 0 aliphatic rings. The van der Waals surface area contributed by atoms with E-state index >= 15 is 0 Å². The summed E-state index contributed by atoms with van der Waals surface area (Å²) in [5, 5.41) is 0. The Labute approximate surface area is 93.7 Å². The van der Waals surface area contributed by atoms with E-state index in [9.17, 15) is 4.79 Å². The molecule has 0 spiro atoms.